The second kappa shape index (κ2) is 7.83. The third-order valence-electron chi connectivity index (χ3n) is 3.13. The predicted molar refractivity (Wildman–Crippen MR) is 84.6 cm³/mol. The van der Waals surface area contributed by atoms with Crippen LogP contribution in [0.25, 0.3) is 0 Å². The molecule has 0 fully saturated rings. The van der Waals surface area contributed by atoms with Crippen molar-refractivity contribution in [3.8, 4) is 0 Å². The summed E-state index contributed by atoms with van der Waals surface area (Å²) in [6, 6.07) is 6.32. The van der Waals surface area contributed by atoms with E-state index in [0.29, 0.717) is 23.5 Å². The number of anilines is 1. The molecule has 0 spiro atoms. The Labute approximate surface area is 133 Å². The summed E-state index contributed by atoms with van der Waals surface area (Å²) in [5, 5.41) is 19.2. The Balaban J connectivity index is 2.11. The van der Waals surface area contributed by atoms with Gasteiger partial charge in [0.2, 0.25) is 5.91 Å². The van der Waals surface area contributed by atoms with Crippen molar-refractivity contribution in [3.05, 3.63) is 48.3 Å². The Morgan fingerprint density at radius 3 is 2.91 bits per heavy atom. The average Bonchev–Trinajstić information content (AvgIpc) is 3.09. The van der Waals surface area contributed by atoms with Crippen LogP contribution in [-0.2, 0) is 4.79 Å². The fourth-order valence-corrected chi connectivity index (χ4v) is 2.04. The molecule has 8 heteroatoms. The van der Waals surface area contributed by atoms with Gasteiger partial charge in [-0.2, -0.15) is 5.21 Å². The number of nitrogens with one attached hydrogen (secondary N) is 3. The van der Waals surface area contributed by atoms with Crippen molar-refractivity contribution in [2.45, 2.75) is 25.8 Å². The fourth-order valence-electron chi connectivity index (χ4n) is 2.04. The number of benzene rings is 1. The first-order chi connectivity index (χ1) is 11.1. The zero-order chi connectivity index (χ0) is 16.7. The number of carbonyl (C=O) groups is 2. The van der Waals surface area contributed by atoms with Gasteiger partial charge in [0.25, 0.3) is 5.91 Å². The molecule has 0 radical (unpaired) electrons. The van der Waals surface area contributed by atoms with Gasteiger partial charge in [-0.05, 0) is 30.7 Å². The number of hydrogen-bond acceptors (Lipinski definition) is 5. The van der Waals surface area contributed by atoms with Crippen molar-refractivity contribution >= 4 is 17.5 Å². The number of rotatable bonds is 7. The number of aromatic amines is 1. The van der Waals surface area contributed by atoms with Crippen LogP contribution in [-0.4, -0.2) is 32.4 Å². The molecule has 1 unspecified atom stereocenters. The number of nitrogens with zero attached hydrogens (tertiary/aromatic N) is 3. The molecule has 8 nitrogen and oxygen atoms in total. The Kier molecular flexibility index (Phi) is 5.56. The van der Waals surface area contributed by atoms with Crippen molar-refractivity contribution in [3.63, 3.8) is 0 Å². The lowest BCUT2D eigenvalue weighted by Crippen LogP contribution is -2.29. The zero-order valence-corrected chi connectivity index (χ0v) is 12.7. The van der Waals surface area contributed by atoms with Crippen LogP contribution in [0, 0.1) is 0 Å². The summed E-state index contributed by atoms with van der Waals surface area (Å²) in [6.07, 6.45) is 2.72. The number of H-pyrrole nitrogens is 1. The van der Waals surface area contributed by atoms with Gasteiger partial charge in [-0.1, -0.05) is 31.2 Å². The zero-order valence-electron chi connectivity index (χ0n) is 12.7. The first-order valence-electron chi connectivity index (χ1n) is 7.21. The number of tetrazole rings is 1. The van der Waals surface area contributed by atoms with Gasteiger partial charge in [-0.25, -0.2) is 0 Å². The lowest BCUT2D eigenvalue weighted by atomic mass is 10.1. The molecule has 1 heterocycles. The third kappa shape index (κ3) is 4.47. The Morgan fingerprint density at radius 1 is 1.43 bits per heavy atom. The second-order valence-electron chi connectivity index (χ2n) is 4.86. The smallest absolute Gasteiger partial charge is 0.251 e. The third-order valence-corrected chi connectivity index (χ3v) is 3.13. The summed E-state index contributed by atoms with van der Waals surface area (Å²) in [5.74, 6) is -0.169. The largest absolute Gasteiger partial charge is 0.342 e. The quantitative estimate of drug-likeness (QED) is 0.672. The SMILES string of the molecule is C=CC(=O)Nc1cccc(C(=O)NC(CCC)c2nn[nH]n2)c1. The van der Waals surface area contributed by atoms with E-state index in [9.17, 15) is 9.59 Å². The topological polar surface area (TPSA) is 113 Å². The van der Waals surface area contributed by atoms with Gasteiger partial charge in [-0.15, -0.1) is 10.2 Å². The lowest BCUT2D eigenvalue weighted by molar-refractivity contribution is -0.111. The van der Waals surface area contributed by atoms with Crippen LogP contribution in [0.5, 0.6) is 0 Å². The number of amides is 2. The van der Waals surface area contributed by atoms with Crippen molar-refractivity contribution in [2.24, 2.45) is 0 Å². The van der Waals surface area contributed by atoms with E-state index in [1.54, 1.807) is 24.3 Å². The number of carbonyl (C=O) groups excluding carboxylic acids is 2. The maximum atomic E-state index is 12.4. The van der Waals surface area contributed by atoms with E-state index in [2.05, 4.69) is 37.8 Å². The van der Waals surface area contributed by atoms with Crippen LogP contribution < -0.4 is 10.6 Å². The number of aromatic nitrogens is 4. The minimum atomic E-state index is -0.335. The highest BCUT2D eigenvalue weighted by Gasteiger charge is 2.19. The van der Waals surface area contributed by atoms with E-state index in [1.165, 1.54) is 6.08 Å². The second-order valence-corrected chi connectivity index (χ2v) is 4.86. The van der Waals surface area contributed by atoms with Gasteiger partial charge in [0.1, 0.15) is 0 Å². The fraction of sp³-hybridized carbons (Fsp3) is 0.267. The van der Waals surface area contributed by atoms with Gasteiger partial charge >= 0.3 is 0 Å². The first-order valence-corrected chi connectivity index (χ1v) is 7.21. The molecule has 1 aromatic heterocycles. The van der Waals surface area contributed by atoms with Crippen LogP contribution in [0.1, 0.15) is 42.0 Å². The molecule has 0 aliphatic carbocycles. The van der Waals surface area contributed by atoms with Gasteiger partial charge in [0.15, 0.2) is 5.82 Å². The van der Waals surface area contributed by atoms with E-state index < -0.39 is 0 Å². The highest BCUT2D eigenvalue weighted by molar-refractivity contribution is 6.00. The monoisotopic (exact) mass is 314 g/mol. The highest BCUT2D eigenvalue weighted by atomic mass is 16.2. The van der Waals surface area contributed by atoms with Gasteiger partial charge in [0.05, 0.1) is 6.04 Å². The molecule has 0 aliphatic rings. The van der Waals surface area contributed by atoms with Crippen molar-refractivity contribution in [1.29, 1.82) is 0 Å². The minimum Gasteiger partial charge on any atom is -0.342 e. The minimum absolute atomic E-state index is 0.275. The van der Waals surface area contributed by atoms with Crippen LogP contribution in [0.15, 0.2) is 36.9 Å². The molecule has 120 valence electrons. The molecule has 0 saturated heterocycles. The van der Waals surface area contributed by atoms with Crippen LogP contribution in [0.2, 0.25) is 0 Å². The summed E-state index contributed by atoms with van der Waals surface area (Å²) in [4.78, 5) is 23.7. The normalized spacial score (nSPS) is 11.5. The standard InChI is InChI=1S/C15H18N6O2/c1-3-6-12(14-18-20-21-19-14)17-15(23)10-7-5-8-11(9-10)16-13(22)4-2/h4-5,7-9,12H,2-3,6H2,1H3,(H,16,22)(H,17,23)(H,18,19,20,21). The highest BCUT2D eigenvalue weighted by Crippen LogP contribution is 2.16. The summed E-state index contributed by atoms with van der Waals surface area (Å²) in [7, 11) is 0. The molecule has 0 aliphatic heterocycles. The Hall–Kier alpha value is -3.03. The van der Waals surface area contributed by atoms with E-state index in [0.717, 1.165) is 6.42 Å². The summed E-state index contributed by atoms with van der Waals surface area (Å²) in [5.41, 5.74) is 0.950. The number of hydrogen-bond donors (Lipinski definition) is 3. The maximum absolute atomic E-state index is 12.4. The van der Waals surface area contributed by atoms with Crippen molar-refractivity contribution in [1.82, 2.24) is 25.9 Å². The predicted octanol–water partition coefficient (Wildman–Crippen LogP) is 1.60. The van der Waals surface area contributed by atoms with Gasteiger partial charge in [-0.3, -0.25) is 9.59 Å². The summed E-state index contributed by atoms with van der Waals surface area (Å²) < 4.78 is 0. The van der Waals surface area contributed by atoms with Crippen LogP contribution in [0.4, 0.5) is 5.69 Å². The van der Waals surface area contributed by atoms with Crippen molar-refractivity contribution < 1.29 is 9.59 Å². The molecule has 3 N–H and O–H groups in total. The molecule has 23 heavy (non-hydrogen) atoms. The molecular formula is C15H18N6O2. The molecule has 1 aromatic carbocycles. The molecule has 1 atom stereocenters. The van der Waals surface area contributed by atoms with E-state index in [1.807, 2.05) is 6.92 Å². The summed E-state index contributed by atoms with van der Waals surface area (Å²) >= 11 is 0. The molecular weight excluding hydrogens is 296 g/mol. The van der Waals surface area contributed by atoms with Crippen molar-refractivity contribution in [2.75, 3.05) is 5.32 Å². The molecule has 2 rings (SSSR count). The molecule has 0 saturated carbocycles. The van der Waals surface area contributed by atoms with Crippen LogP contribution >= 0.6 is 0 Å². The maximum Gasteiger partial charge on any atom is 0.251 e. The van der Waals surface area contributed by atoms with E-state index in [4.69, 9.17) is 0 Å². The lowest BCUT2D eigenvalue weighted by Gasteiger charge is -2.14. The van der Waals surface area contributed by atoms with E-state index in [-0.39, 0.29) is 17.9 Å². The van der Waals surface area contributed by atoms with Gasteiger partial charge < -0.3 is 10.6 Å². The van der Waals surface area contributed by atoms with Crippen LogP contribution in [0.3, 0.4) is 0 Å². The average molecular weight is 314 g/mol. The Morgan fingerprint density at radius 2 is 2.26 bits per heavy atom. The molecule has 0 bridgehead atoms. The van der Waals surface area contributed by atoms with Gasteiger partial charge in [0, 0.05) is 11.3 Å². The molecule has 2 aromatic rings. The Bertz CT molecular complexity index is 683. The molecule has 2 amide bonds. The van der Waals surface area contributed by atoms with E-state index >= 15 is 0 Å². The summed E-state index contributed by atoms with van der Waals surface area (Å²) in [6.45, 7) is 5.39. The first kappa shape index (κ1) is 16.3.